The highest BCUT2D eigenvalue weighted by atomic mass is 16.3. The lowest BCUT2D eigenvalue weighted by Crippen LogP contribution is -2.56. The van der Waals surface area contributed by atoms with Crippen molar-refractivity contribution in [2.45, 2.75) is 90.1 Å². The van der Waals surface area contributed by atoms with Crippen LogP contribution in [0.5, 0.6) is 0 Å². The summed E-state index contributed by atoms with van der Waals surface area (Å²) in [5.41, 5.74) is 1.26. The van der Waals surface area contributed by atoms with Crippen LogP contribution in [-0.2, 0) is 11.2 Å². The smallest absolute Gasteiger partial charge is 0.133 e. The molecule has 0 radical (unpaired) electrons. The Morgan fingerprint density at radius 1 is 0.966 bits per heavy atom. The second-order valence-electron chi connectivity index (χ2n) is 11.4. The van der Waals surface area contributed by atoms with E-state index >= 15 is 0 Å². The van der Waals surface area contributed by atoms with Crippen molar-refractivity contribution in [1.29, 1.82) is 0 Å². The van der Waals surface area contributed by atoms with E-state index < -0.39 is 5.60 Å². The maximum atomic E-state index is 12.1. The molecule has 1 N–H and O–H groups in total. The zero-order chi connectivity index (χ0) is 20.3. The molecule has 0 bridgehead atoms. The summed E-state index contributed by atoms with van der Waals surface area (Å²) in [5.74, 6) is 3.31. The first-order chi connectivity index (χ1) is 13.9. The van der Waals surface area contributed by atoms with Crippen LogP contribution in [-0.4, -0.2) is 16.5 Å². The molecule has 0 aliphatic heterocycles. The lowest BCUT2D eigenvalue weighted by Gasteiger charge is -2.61. The number of hydrogen-bond donors (Lipinski definition) is 1. The van der Waals surface area contributed by atoms with Crippen molar-refractivity contribution < 1.29 is 9.90 Å². The van der Waals surface area contributed by atoms with Crippen LogP contribution < -0.4 is 0 Å². The van der Waals surface area contributed by atoms with Gasteiger partial charge in [-0.05, 0) is 97.9 Å². The number of rotatable bonds is 3. The first-order valence-electron chi connectivity index (χ1n) is 12.1. The molecule has 0 saturated heterocycles. The van der Waals surface area contributed by atoms with Gasteiger partial charge in [0.1, 0.15) is 5.78 Å². The summed E-state index contributed by atoms with van der Waals surface area (Å²) < 4.78 is 0. The van der Waals surface area contributed by atoms with Gasteiger partial charge in [0.2, 0.25) is 0 Å². The SMILES string of the molecule is C[C@]12CCC(=O)C[C@@H]1CC[C@H]1[C@H]2CC[C@@]2(C)[C@@H]1CC[C@@]2(O)CCc1ccccc1. The lowest BCUT2D eigenvalue weighted by molar-refractivity contribution is -0.158. The molecule has 1 aromatic rings. The highest BCUT2D eigenvalue weighted by molar-refractivity contribution is 5.79. The number of carbonyl (C=O) groups excluding carboxylic acids is 1. The van der Waals surface area contributed by atoms with Crippen LogP contribution in [0.15, 0.2) is 30.3 Å². The van der Waals surface area contributed by atoms with E-state index in [1.165, 1.54) is 37.7 Å². The molecule has 0 unspecified atom stereocenters. The molecule has 0 heterocycles. The quantitative estimate of drug-likeness (QED) is 0.686. The molecule has 0 aromatic heterocycles. The second kappa shape index (κ2) is 6.94. The fraction of sp³-hybridized carbons (Fsp3) is 0.741. The van der Waals surface area contributed by atoms with E-state index in [2.05, 4.69) is 44.2 Å². The maximum absolute atomic E-state index is 12.1. The highest BCUT2D eigenvalue weighted by Gasteiger charge is 2.64. The van der Waals surface area contributed by atoms with Crippen molar-refractivity contribution in [3.8, 4) is 0 Å². The molecule has 4 fully saturated rings. The number of ketones is 1. The van der Waals surface area contributed by atoms with Crippen LogP contribution in [0, 0.1) is 34.5 Å². The summed E-state index contributed by atoms with van der Waals surface area (Å²) in [6, 6.07) is 10.7. The number of aliphatic hydroxyl groups is 1. The van der Waals surface area contributed by atoms with Gasteiger partial charge in [0.25, 0.3) is 0 Å². The standard InChI is InChI=1S/C27H38O2/c1-25-14-11-21(28)18-20(25)8-9-22-23(25)12-15-26(2)24(22)13-17-27(26,29)16-10-19-6-4-3-5-7-19/h3-7,20,22-24,29H,8-18H2,1-2H3/t20-,22-,23+,24+,25-,26-,27-/m0/s1. The van der Waals surface area contributed by atoms with Gasteiger partial charge >= 0.3 is 0 Å². The Morgan fingerprint density at radius 2 is 1.72 bits per heavy atom. The Hall–Kier alpha value is -1.15. The molecular weight excluding hydrogens is 356 g/mol. The number of benzene rings is 1. The summed E-state index contributed by atoms with van der Waals surface area (Å²) in [7, 11) is 0. The molecule has 29 heavy (non-hydrogen) atoms. The summed E-state index contributed by atoms with van der Waals surface area (Å²) in [5, 5.41) is 11.9. The molecule has 7 atom stereocenters. The molecule has 4 aliphatic rings. The average molecular weight is 395 g/mol. The molecule has 1 aromatic carbocycles. The third kappa shape index (κ3) is 2.96. The minimum absolute atomic E-state index is 0.0661. The highest BCUT2D eigenvalue weighted by Crippen LogP contribution is 2.68. The number of Topliss-reactive ketones (excluding diaryl/α,β-unsaturated/α-hetero) is 1. The van der Waals surface area contributed by atoms with Crippen LogP contribution in [0.4, 0.5) is 0 Å². The van der Waals surface area contributed by atoms with Gasteiger partial charge in [0.15, 0.2) is 0 Å². The van der Waals surface area contributed by atoms with Crippen molar-refractivity contribution in [3.05, 3.63) is 35.9 Å². The number of fused-ring (bicyclic) bond motifs is 5. The van der Waals surface area contributed by atoms with Gasteiger partial charge in [-0.1, -0.05) is 44.2 Å². The summed E-state index contributed by atoms with van der Waals surface area (Å²) >= 11 is 0. The number of hydrogen-bond acceptors (Lipinski definition) is 2. The first kappa shape index (κ1) is 19.8. The Labute approximate surface area is 176 Å². The van der Waals surface area contributed by atoms with Gasteiger partial charge < -0.3 is 5.11 Å². The Morgan fingerprint density at radius 3 is 2.52 bits per heavy atom. The zero-order valence-corrected chi connectivity index (χ0v) is 18.3. The van der Waals surface area contributed by atoms with Gasteiger partial charge in [-0.25, -0.2) is 0 Å². The molecule has 2 nitrogen and oxygen atoms in total. The second-order valence-corrected chi connectivity index (χ2v) is 11.4. The summed E-state index contributed by atoms with van der Waals surface area (Å²) in [6.07, 6.45) is 11.7. The molecule has 2 heteroatoms. The van der Waals surface area contributed by atoms with Gasteiger partial charge in [-0.15, -0.1) is 0 Å². The van der Waals surface area contributed by atoms with Gasteiger partial charge in [0, 0.05) is 12.8 Å². The fourth-order valence-electron chi connectivity index (χ4n) is 8.56. The summed E-state index contributed by atoms with van der Waals surface area (Å²) in [4.78, 5) is 12.1. The van der Waals surface area contributed by atoms with E-state index in [1.54, 1.807) is 0 Å². The minimum Gasteiger partial charge on any atom is -0.389 e. The Kier molecular flexibility index (Phi) is 4.74. The van der Waals surface area contributed by atoms with Gasteiger partial charge in [-0.2, -0.15) is 0 Å². The maximum Gasteiger partial charge on any atom is 0.133 e. The van der Waals surface area contributed by atoms with Crippen molar-refractivity contribution in [3.63, 3.8) is 0 Å². The van der Waals surface area contributed by atoms with Crippen LogP contribution in [0.3, 0.4) is 0 Å². The van der Waals surface area contributed by atoms with E-state index in [0.717, 1.165) is 50.4 Å². The Balaban J connectivity index is 1.36. The van der Waals surface area contributed by atoms with Crippen LogP contribution in [0.1, 0.15) is 83.6 Å². The van der Waals surface area contributed by atoms with E-state index in [-0.39, 0.29) is 5.41 Å². The Bertz CT molecular complexity index is 772. The van der Waals surface area contributed by atoms with Gasteiger partial charge in [0.05, 0.1) is 5.60 Å². The molecule has 4 saturated carbocycles. The van der Waals surface area contributed by atoms with Crippen molar-refractivity contribution in [2.75, 3.05) is 0 Å². The molecule has 0 spiro atoms. The van der Waals surface area contributed by atoms with Crippen molar-refractivity contribution in [2.24, 2.45) is 34.5 Å². The number of aryl methyl sites for hydroxylation is 1. The zero-order valence-electron chi connectivity index (χ0n) is 18.3. The van der Waals surface area contributed by atoms with Crippen LogP contribution in [0.2, 0.25) is 0 Å². The normalized spacial score (nSPS) is 46.7. The van der Waals surface area contributed by atoms with Crippen LogP contribution >= 0.6 is 0 Å². The summed E-state index contributed by atoms with van der Waals surface area (Å²) in [6.45, 7) is 4.94. The lowest BCUT2D eigenvalue weighted by atomic mass is 9.44. The minimum atomic E-state index is -0.515. The molecule has 158 valence electrons. The third-order valence-corrected chi connectivity index (χ3v) is 10.5. The largest absolute Gasteiger partial charge is 0.389 e. The first-order valence-corrected chi connectivity index (χ1v) is 12.1. The fourth-order valence-corrected chi connectivity index (χ4v) is 8.56. The van der Waals surface area contributed by atoms with E-state index in [1.807, 2.05) is 0 Å². The van der Waals surface area contributed by atoms with E-state index in [4.69, 9.17) is 0 Å². The van der Waals surface area contributed by atoms with Gasteiger partial charge in [-0.3, -0.25) is 4.79 Å². The third-order valence-electron chi connectivity index (χ3n) is 10.5. The molecule has 5 rings (SSSR count). The molecule has 0 amide bonds. The number of carbonyl (C=O) groups is 1. The average Bonchev–Trinajstić information content (AvgIpc) is 2.99. The molecular formula is C27H38O2. The van der Waals surface area contributed by atoms with E-state index in [0.29, 0.717) is 23.0 Å². The predicted molar refractivity (Wildman–Crippen MR) is 116 cm³/mol. The molecule has 4 aliphatic carbocycles. The monoisotopic (exact) mass is 394 g/mol. The van der Waals surface area contributed by atoms with Crippen molar-refractivity contribution in [1.82, 2.24) is 0 Å². The topological polar surface area (TPSA) is 37.3 Å². The van der Waals surface area contributed by atoms with E-state index in [9.17, 15) is 9.90 Å². The van der Waals surface area contributed by atoms with Crippen LogP contribution in [0.25, 0.3) is 0 Å². The van der Waals surface area contributed by atoms with Crippen molar-refractivity contribution >= 4 is 5.78 Å². The predicted octanol–water partition coefficient (Wildman–Crippen LogP) is 5.96.